The third kappa shape index (κ3) is 5.96. The fourth-order valence-corrected chi connectivity index (χ4v) is 4.39. The summed E-state index contributed by atoms with van der Waals surface area (Å²) in [5.74, 6) is -0.132. The van der Waals surface area contributed by atoms with Crippen LogP contribution in [0.5, 0.6) is 5.75 Å². The van der Waals surface area contributed by atoms with E-state index in [1.807, 2.05) is 37.3 Å². The molecule has 1 heterocycles. The molecule has 4 rings (SSSR count). The van der Waals surface area contributed by atoms with Crippen molar-refractivity contribution in [2.45, 2.75) is 13.5 Å². The van der Waals surface area contributed by atoms with Gasteiger partial charge in [-0.15, -0.1) is 0 Å². The number of methoxy groups -OCH3 is 1. The van der Waals surface area contributed by atoms with Gasteiger partial charge in [-0.1, -0.05) is 24.3 Å². The van der Waals surface area contributed by atoms with Gasteiger partial charge in [-0.2, -0.15) is 0 Å². The zero-order chi connectivity index (χ0) is 24.8. The number of likely N-dealkylation sites (N-methyl/N-ethyl adjacent to an activating group) is 1. The van der Waals surface area contributed by atoms with E-state index in [4.69, 9.17) is 9.47 Å². The highest BCUT2D eigenvalue weighted by Gasteiger charge is 2.32. The molecule has 0 aliphatic carbocycles. The van der Waals surface area contributed by atoms with Crippen LogP contribution in [0.2, 0.25) is 0 Å². The van der Waals surface area contributed by atoms with E-state index in [0.717, 1.165) is 11.1 Å². The van der Waals surface area contributed by atoms with Crippen molar-refractivity contribution in [2.24, 2.45) is 4.99 Å². The molecule has 0 unspecified atom stereocenters. The van der Waals surface area contributed by atoms with Crippen molar-refractivity contribution >= 4 is 40.6 Å². The van der Waals surface area contributed by atoms with Gasteiger partial charge in [0.15, 0.2) is 5.17 Å². The Labute approximate surface area is 207 Å². The number of rotatable bonds is 7. The number of carbonyl (C=O) groups excluding carboxylic acids is 2. The van der Waals surface area contributed by atoms with Crippen molar-refractivity contribution in [3.8, 4) is 5.75 Å². The van der Waals surface area contributed by atoms with Crippen LogP contribution in [-0.2, 0) is 16.1 Å². The van der Waals surface area contributed by atoms with Gasteiger partial charge in [-0.3, -0.25) is 9.69 Å². The fraction of sp³-hybridized carbons (Fsp3) is 0.148. The summed E-state index contributed by atoms with van der Waals surface area (Å²) in [6.07, 6.45) is 1.82. The lowest BCUT2D eigenvalue weighted by molar-refractivity contribution is -0.122. The Hall–Kier alpha value is -3.91. The number of nitrogens with zero attached hydrogens (tertiary/aromatic N) is 2. The number of aliphatic imine (C=N–C) groups is 1. The predicted molar refractivity (Wildman–Crippen MR) is 135 cm³/mol. The van der Waals surface area contributed by atoms with E-state index >= 15 is 0 Å². The molecule has 35 heavy (non-hydrogen) atoms. The predicted octanol–water partition coefficient (Wildman–Crippen LogP) is 5.82. The van der Waals surface area contributed by atoms with E-state index < -0.39 is 5.97 Å². The molecule has 0 bridgehead atoms. The highest BCUT2D eigenvalue weighted by atomic mass is 32.2. The van der Waals surface area contributed by atoms with Crippen molar-refractivity contribution in [2.75, 3.05) is 13.7 Å². The standard InChI is InChI=1S/C27H23FN2O4S/c1-3-30-25(31)24(35-27(30)29-22-12-8-20(9-13-22)26(32)33-2)16-18-6-14-23(15-7-18)34-17-19-4-10-21(28)11-5-19/h4-16H,3,17H2,1-2H3/b24-16+,29-27?. The fourth-order valence-electron chi connectivity index (χ4n) is 3.33. The normalized spacial score (nSPS) is 15.6. The lowest BCUT2D eigenvalue weighted by atomic mass is 10.2. The van der Waals surface area contributed by atoms with Crippen LogP contribution >= 0.6 is 11.8 Å². The summed E-state index contributed by atoms with van der Waals surface area (Å²) in [5, 5.41) is 0.578. The number of carbonyl (C=O) groups is 2. The zero-order valence-corrected chi connectivity index (χ0v) is 20.0. The Morgan fingerprint density at radius 2 is 1.71 bits per heavy atom. The first-order valence-electron chi connectivity index (χ1n) is 10.9. The molecule has 0 spiro atoms. The molecule has 0 saturated carbocycles. The first-order chi connectivity index (χ1) is 17.0. The van der Waals surface area contributed by atoms with Gasteiger partial charge in [0.05, 0.1) is 23.3 Å². The smallest absolute Gasteiger partial charge is 0.337 e. The SMILES string of the molecule is CCN1C(=O)/C(=C\c2ccc(OCc3ccc(F)cc3)cc2)SC1=Nc1ccc(C(=O)OC)cc1. The van der Waals surface area contributed by atoms with Crippen molar-refractivity contribution < 1.29 is 23.5 Å². The Balaban J connectivity index is 1.45. The number of esters is 1. The van der Waals surface area contributed by atoms with Crippen LogP contribution in [0.3, 0.4) is 0 Å². The van der Waals surface area contributed by atoms with E-state index in [2.05, 4.69) is 4.99 Å². The summed E-state index contributed by atoms with van der Waals surface area (Å²) < 4.78 is 23.5. The minimum Gasteiger partial charge on any atom is -0.489 e. The van der Waals surface area contributed by atoms with Gasteiger partial charge in [0.25, 0.3) is 5.91 Å². The molecule has 178 valence electrons. The summed E-state index contributed by atoms with van der Waals surface area (Å²) in [6.45, 7) is 2.71. The van der Waals surface area contributed by atoms with Crippen LogP contribution in [0.4, 0.5) is 10.1 Å². The van der Waals surface area contributed by atoms with Gasteiger partial charge in [-0.25, -0.2) is 14.2 Å². The maximum absolute atomic E-state index is 13.0. The quantitative estimate of drug-likeness (QED) is 0.309. The van der Waals surface area contributed by atoms with Crippen molar-refractivity contribution in [3.63, 3.8) is 0 Å². The molecule has 3 aromatic rings. The molecule has 0 atom stereocenters. The third-order valence-electron chi connectivity index (χ3n) is 5.21. The minimum atomic E-state index is -0.415. The number of ether oxygens (including phenoxy) is 2. The van der Waals surface area contributed by atoms with Crippen molar-refractivity contribution in [1.82, 2.24) is 4.90 Å². The lowest BCUT2D eigenvalue weighted by Crippen LogP contribution is -2.28. The molecule has 1 saturated heterocycles. The molecular weight excluding hydrogens is 467 g/mol. The minimum absolute atomic E-state index is 0.112. The van der Waals surface area contributed by atoms with Crippen LogP contribution in [0.15, 0.2) is 82.7 Å². The van der Waals surface area contributed by atoms with Gasteiger partial charge >= 0.3 is 5.97 Å². The number of hydrogen-bond donors (Lipinski definition) is 0. The number of amidine groups is 1. The van der Waals surface area contributed by atoms with Gasteiger partial charge in [0.2, 0.25) is 0 Å². The average molecular weight is 491 g/mol. The first-order valence-corrected chi connectivity index (χ1v) is 11.7. The van der Waals surface area contributed by atoms with Crippen molar-refractivity contribution in [3.05, 3.63) is 100 Å². The van der Waals surface area contributed by atoms with Gasteiger partial charge in [0, 0.05) is 6.54 Å². The number of thioether (sulfide) groups is 1. The monoisotopic (exact) mass is 490 g/mol. The van der Waals surface area contributed by atoms with E-state index in [0.29, 0.717) is 40.2 Å². The molecule has 0 N–H and O–H groups in total. The summed E-state index contributed by atoms with van der Waals surface area (Å²) >= 11 is 1.30. The number of halogens is 1. The van der Waals surface area contributed by atoms with Crippen LogP contribution in [-0.4, -0.2) is 35.6 Å². The summed E-state index contributed by atoms with van der Waals surface area (Å²) in [6, 6.07) is 20.3. The highest BCUT2D eigenvalue weighted by molar-refractivity contribution is 8.18. The van der Waals surface area contributed by atoms with E-state index in [-0.39, 0.29) is 11.7 Å². The Kier molecular flexibility index (Phi) is 7.62. The molecule has 0 radical (unpaired) electrons. The highest BCUT2D eigenvalue weighted by Crippen LogP contribution is 2.34. The molecule has 1 aliphatic heterocycles. The van der Waals surface area contributed by atoms with Crippen LogP contribution in [0, 0.1) is 5.82 Å². The largest absolute Gasteiger partial charge is 0.489 e. The second-order valence-electron chi connectivity index (χ2n) is 7.58. The van der Waals surface area contributed by atoms with Gasteiger partial charge in [0.1, 0.15) is 18.2 Å². The molecule has 6 nitrogen and oxygen atoms in total. The first kappa shape index (κ1) is 24.2. The van der Waals surface area contributed by atoms with Crippen LogP contribution in [0.1, 0.15) is 28.4 Å². The summed E-state index contributed by atoms with van der Waals surface area (Å²) in [5.41, 5.74) is 2.80. The van der Waals surface area contributed by atoms with Crippen molar-refractivity contribution in [1.29, 1.82) is 0 Å². The second-order valence-corrected chi connectivity index (χ2v) is 8.59. The molecule has 1 fully saturated rings. The maximum Gasteiger partial charge on any atom is 0.337 e. The number of hydrogen-bond acceptors (Lipinski definition) is 6. The molecule has 1 aliphatic rings. The van der Waals surface area contributed by atoms with Gasteiger partial charge < -0.3 is 9.47 Å². The average Bonchev–Trinajstić information content (AvgIpc) is 3.17. The molecule has 8 heteroatoms. The van der Waals surface area contributed by atoms with Crippen LogP contribution in [0.25, 0.3) is 6.08 Å². The maximum atomic E-state index is 13.0. The number of amides is 1. The second kappa shape index (κ2) is 11.0. The summed E-state index contributed by atoms with van der Waals surface area (Å²) in [4.78, 5) is 31.3. The molecule has 0 aromatic heterocycles. The summed E-state index contributed by atoms with van der Waals surface area (Å²) in [7, 11) is 1.33. The lowest BCUT2D eigenvalue weighted by Gasteiger charge is -2.12. The van der Waals surface area contributed by atoms with E-state index in [1.165, 1.54) is 31.0 Å². The Morgan fingerprint density at radius 3 is 2.34 bits per heavy atom. The number of benzene rings is 3. The molecule has 1 amide bonds. The molecule has 3 aromatic carbocycles. The zero-order valence-electron chi connectivity index (χ0n) is 19.2. The Bertz CT molecular complexity index is 1270. The molecular formula is C27H23FN2O4S. The topological polar surface area (TPSA) is 68.2 Å². The Morgan fingerprint density at radius 1 is 1.03 bits per heavy atom. The van der Waals surface area contributed by atoms with Crippen LogP contribution < -0.4 is 4.74 Å². The third-order valence-corrected chi connectivity index (χ3v) is 6.22. The van der Waals surface area contributed by atoms with E-state index in [9.17, 15) is 14.0 Å². The van der Waals surface area contributed by atoms with E-state index in [1.54, 1.807) is 41.3 Å². The van der Waals surface area contributed by atoms with Gasteiger partial charge in [-0.05, 0) is 84.4 Å².